The average Bonchev–Trinajstić information content (AvgIpc) is 2.91. The van der Waals surface area contributed by atoms with E-state index in [9.17, 15) is 9.59 Å². The Morgan fingerprint density at radius 2 is 1.89 bits per heavy atom. The van der Waals surface area contributed by atoms with E-state index in [0.717, 1.165) is 36.1 Å². The van der Waals surface area contributed by atoms with Gasteiger partial charge in [-0.05, 0) is 29.7 Å². The van der Waals surface area contributed by atoms with E-state index in [-0.39, 0.29) is 30.2 Å². The van der Waals surface area contributed by atoms with Gasteiger partial charge < -0.3 is 24.8 Å². The maximum atomic E-state index is 12.6. The first-order chi connectivity index (χ1) is 18.4. The highest BCUT2D eigenvalue weighted by Crippen LogP contribution is 2.30. The number of pyridine rings is 1. The average molecular weight is 547 g/mol. The van der Waals surface area contributed by atoms with E-state index < -0.39 is 6.17 Å². The van der Waals surface area contributed by atoms with Crippen LogP contribution in [0.2, 0.25) is 5.02 Å². The standard InChI is InChI=1S/C28H39ClN4O5/c1-4-5-10-36-11-12-37-13-14-38-26-9-7-21(18-30-26)24-16-25(34)33-27(32-24)22-15-20(6-8-23(22)29)17-31-28(35)19(2)3/h6-9,15,18-19,24,27,32H,4-5,10-14,16-17H2,1-3H3,(H,31,35)(H,33,34). The molecule has 0 radical (unpaired) electrons. The number of hydrogen-bond donors (Lipinski definition) is 3. The zero-order valence-electron chi connectivity index (χ0n) is 22.4. The summed E-state index contributed by atoms with van der Waals surface area (Å²) in [5, 5.41) is 9.85. The number of aromatic nitrogens is 1. The van der Waals surface area contributed by atoms with Gasteiger partial charge in [0, 0.05) is 54.4 Å². The zero-order chi connectivity index (χ0) is 27.3. The highest BCUT2D eigenvalue weighted by atomic mass is 35.5. The first-order valence-electron chi connectivity index (χ1n) is 13.2. The van der Waals surface area contributed by atoms with E-state index in [1.54, 1.807) is 18.3 Å². The predicted molar refractivity (Wildman–Crippen MR) is 146 cm³/mol. The molecular formula is C28H39ClN4O5. The summed E-state index contributed by atoms with van der Waals surface area (Å²) in [6.45, 7) is 8.94. The van der Waals surface area contributed by atoms with E-state index in [1.807, 2.05) is 32.0 Å². The second-order valence-corrected chi connectivity index (χ2v) is 9.92. The van der Waals surface area contributed by atoms with Gasteiger partial charge in [0.1, 0.15) is 12.8 Å². The van der Waals surface area contributed by atoms with Gasteiger partial charge in [-0.25, -0.2) is 4.98 Å². The Morgan fingerprint density at radius 3 is 2.61 bits per heavy atom. The van der Waals surface area contributed by atoms with Gasteiger partial charge >= 0.3 is 0 Å². The van der Waals surface area contributed by atoms with Crippen LogP contribution in [0.5, 0.6) is 5.88 Å². The molecule has 1 aromatic carbocycles. The quantitative estimate of drug-likeness (QED) is 0.289. The van der Waals surface area contributed by atoms with Crippen LogP contribution in [-0.4, -0.2) is 49.8 Å². The van der Waals surface area contributed by atoms with Crippen LogP contribution in [0, 0.1) is 5.92 Å². The van der Waals surface area contributed by atoms with Gasteiger partial charge in [0.25, 0.3) is 0 Å². The number of unbranched alkanes of at least 4 members (excludes halogenated alkanes) is 1. The molecule has 2 amide bonds. The summed E-state index contributed by atoms with van der Waals surface area (Å²) in [6, 6.07) is 8.99. The molecule has 9 nitrogen and oxygen atoms in total. The van der Waals surface area contributed by atoms with Crippen molar-refractivity contribution in [2.75, 3.05) is 33.0 Å². The Bertz CT molecular complexity index is 1030. The molecule has 2 heterocycles. The van der Waals surface area contributed by atoms with Crippen molar-refractivity contribution in [3.8, 4) is 5.88 Å². The first-order valence-corrected chi connectivity index (χ1v) is 13.6. The summed E-state index contributed by atoms with van der Waals surface area (Å²) in [5.74, 6) is 0.281. The number of benzene rings is 1. The molecular weight excluding hydrogens is 508 g/mol. The third kappa shape index (κ3) is 9.54. The first kappa shape index (κ1) is 29.8. The molecule has 3 N–H and O–H groups in total. The molecule has 3 rings (SSSR count). The smallest absolute Gasteiger partial charge is 0.223 e. The van der Waals surface area contributed by atoms with Gasteiger partial charge in [0.05, 0.1) is 19.8 Å². The number of hydrogen-bond acceptors (Lipinski definition) is 7. The summed E-state index contributed by atoms with van der Waals surface area (Å²) in [5.41, 5.74) is 2.51. The van der Waals surface area contributed by atoms with Crippen molar-refractivity contribution < 1.29 is 23.8 Å². The molecule has 1 aliphatic rings. The lowest BCUT2D eigenvalue weighted by Gasteiger charge is -2.32. The largest absolute Gasteiger partial charge is 0.475 e. The summed E-state index contributed by atoms with van der Waals surface area (Å²) < 4.78 is 16.6. The molecule has 10 heteroatoms. The van der Waals surface area contributed by atoms with Gasteiger partial charge in [-0.2, -0.15) is 0 Å². The van der Waals surface area contributed by atoms with Crippen LogP contribution in [0.1, 0.15) is 68.9 Å². The number of nitrogens with zero attached hydrogens (tertiary/aromatic N) is 1. The minimum Gasteiger partial charge on any atom is -0.475 e. The fraction of sp³-hybridized carbons (Fsp3) is 0.536. The summed E-state index contributed by atoms with van der Waals surface area (Å²) in [7, 11) is 0. The van der Waals surface area contributed by atoms with Gasteiger partial charge in [-0.1, -0.05) is 50.9 Å². The number of carbonyl (C=O) groups is 2. The number of carbonyl (C=O) groups excluding carboxylic acids is 2. The van der Waals surface area contributed by atoms with Crippen molar-refractivity contribution in [3.05, 3.63) is 58.2 Å². The van der Waals surface area contributed by atoms with Crippen LogP contribution in [0.3, 0.4) is 0 Å². The van der Waals surface area contributed by atoms with Crippen LogP contribution in [0.25, 0.3) is 0 Å². The normalized spacial score (nSPS) is 17.3. The van der Waals surface area contributed by atoms with Crippen molar-refractivity contribution in [1.29, 1.82) is 0 Å². The van der Waals surface area contributed by atoms with Crippen molar-refractivity contribution in [1.82, 2.24) is 20.9 Å². The van der Waals surface area contributed by atoms with Crippen molar-refractivity contribution >= 4 is 23.4 Å². The molecule has 1 fully saturated rings. The third-order valence-electron chi connectivity index (χ3n) is 6.08. The molecule has 2 aromatic rings. The molecule has 1 aliphatic heterocycles. The van der Waals surface area contributed by atoms with Crippen LogP contribution < -0.4 is 20.7 Å². The lowest BCUT2D eigenvalue weighted by Crippen LogP contribution is -2.46. The van der Waals surface area contributed by atoms with E-state index in [0.29, 0.717) is 43.9 Å². The van der Waals surface area contributed by atoms with Crippen molar-refractivity contribution in [2.24, 2.45) is 5.92 Å². The molecule has 1 saturated heterocycles. The lowest BCUT2D eigenvalue weighted by molar-refractivity contribution is -0.125. The number of halogens is 1. The van der Waals surface area contributed by atoms with Crippen LogP contribution >= 0.6 is 11.6 Å². The Morgan fingerprint density at radius 1 is 1.13 bits per heavy atom. The fourth-order valence-corrected chi connectivity index (χ4v) is 4.09. The van der Waals surface area contributed by atoms with Crippen LogP contribution in [0.15, 0.2) is 36.5 Å². The monoisotopic (exact) mass is 546 g/mol. The van der Waals surface area contributed by atoms with Gasteiger partial charge in [0.15, 0.2) is 0 Å². The number of nitrogens with one attached hydrogen (secondary N) is 3. The van der Waals surface area contributed by atoms with E-state index in [1.165, 1.54) is 0 Å². The summed E-state index contributed by atoms with van der Waals surface area (Å²) in [4.78, 5) is 28.9. The maximum absolute atomic E-state index is 12.6. The predicted octanol–water partition coefficient (Wildman–Crippen LogP) is 4.07. The highest BCUT2D eigenvalue weighted by molar-refractivity contribution is 6.31. The Labute approximate surface area is 230 Å². The molecule has 0 bridgehead atoms. The molecule has 2 atom stereocenters. The Hall–Kier alpha value is -2.72. The second kappa shape index (κ2) is 15.6. The summed E-state index contributed by atoms with van der Waals surface area (Å²) in [6.07, 6.45) is 3.69. The van der Waals surface area contributed by atoms with E-state index >= 15 is 0 Å². The molecule has 38 heavy (non-hydrogen) atoms. The summed E-state index contributed by atoms with van der Waals surface area (Å²) >= 11 is 6.49. The Kier molecular flexibility index (Phi) is 12.3. The molecule has 208 valence electrons. The lowest BCUT2D eigenvalue weighted by atomic mass is 9.99. The van der Waals surface area contributed by atoms with Gasteiger partial charge in [0.2, 0.25) is 17.7 Å². The van der Waals surface area contributed by atoms with Crippen molar-refractivity contribution in [2.45, 2.75) is 58.8 Å². The second-order valence-electron chi connectivity index (χ2n) is 9.51. The Balaban J connectivity index is 1.52. The maximum Gasteiger partial charge on any atom is 0.223 e. The van der Waals surface area contributed by atoms with Crippen LogP contribution in [0.4, 0.5) is 0 Å². The fourth-order valence-electron chi connectivity index (χ4n) is 3.86. The molecule has 0 saturated carbocycles. The minimum atomic E-state index is -0.478. The molecule has 1 aromatic heterocycles. The molecule has 2 unspecified atom stereocenters. The minimum absolute atomic E-state index is 0.0227. The number of amides is 2. The van der Waals surface area contributed by atoms with Gasteiger partial charge in [-0.15, -0.1) is 0 Å². The van der Waals surface area contributed by atoms with Crippen molar-refractivity contribution in [3.63, 3.8) is 0 Å². The van der Waals surface area contributed by atoms with Gasteiger partial charge in [-0.3, -0.25) is 14.9 Å². The zero-order valence-corrected chi connectivity index (χ0v) is 23.2. The topological polar surface area (TPSA) is 111 Å². The highest BCUT2D eigenvalue weighted by Gasteiger charge is 2.29. The third-order valence-corrected chi connectivity index (χ3v) is 6.42. The SMILES string of the molecule is CCCCOCCOCCOc1ccc(C2CC(=O)NC(c3cc(CNC(=O)C(C)C)ccc3Cl)N2)cn1. The number of ether oxygens (including phenoxy) is 3. The molecule has 0 aliphatic carbocycles. The van der Waals surface area contributed by atoms with Crippen LogP contribution in [-0.2, 0) is 25.6 Å². The molecule has 0 spiro atoms. The van der Waals surface area contributed by atoms with E-state index in [2.05, 4.69) is 27.9 Å². The van der Waals surface area contributed by atoms with E-state index in [4.69, 9.17) is 25.8 Å². The number of rotatable bonds is 15.